The van der Waals surface area contributed by atoms with E-state index in [0.717, 1.165) is 44.8 Å². The maximum absolute atomic E-state index is 13.3. The Balaban J connectivity index is 0.000000847. The van der Waals surface area contributed by atoms with Crippen LogP contribution < -0.4 is 5.32 Å². The first-order valence-electron chi connectivity index (χ1n) is 8.09. The van der Waals surface area contributed by atoms with Gasteiger partial charge in [0, 0.05) is 12.1 Å². The van der Waals surface area contributed by atoms with Gasteiger partial charge in [-0.25, -0.2) is 12.8 Å². The van der Waals surface area contributed by atoms with Gasteiger partial charge in [0.05, 0.1) is 4.90 Å². The molecule has 0 radical (unpaired) electrons. The molecule has 1 saturated heterocycles. The topological polar surface area (TPSA) is 49.4 Å². The molecule has 2 aliphatic rings. The monoisotopic (exact) mass is 328 g/mol. The third-order valence-corrected chi connectivity index (χ3v) is 5.95. The molecule has 1 aliphatic carbocycles. The van der Waals surface area contributed by atoms with E-state index in [2.05, 4.69) is 5.32 Å². The van der Waals surface area contributed by atoms with Crippen LogP contribution in [0.1, 0.15) is 39.5 Å². The van der Waals surface area contributed by atoms with Crippen molar-refractivity contribution >= 4 is 10.0 Å². The molecule has 0 aromatic heterocycles. The van der Waals surface area contributed by atoms with Gasteiger partial charge >= 0.3 is 0 Å². The van der Waals surface area contributed by atoms with Crippen LogP contribution in [0, 0.1) is 5.82 Å². The second kappa shape index (κ2) is 7.53. The van der Waals surface area contributed by atoms with E-state index in [4.69, 9.17) is 0 Å². The Morgan fingerprint density at radius 1 is 1.09 bits per heavy atom. The van der Waals surface area contributed by atoms with E-state index in [9.17, 15) is 12.8 Å². The van der Waals surface area contributed by atoms with Crippen LogP contribution in [0.2, 0.25) is 0 Å². The molecule has 1 aromatic rings. The number of hydrogen-bond donors (Lipinski definition) is 1. The summed E-state index contributed by atoms with van der Waals surface area (Å²) in [5.74, 6) is -0.507. The van der Waals surface area contributed by atoms with Crippen molar-refractivity contribution in [2.45, 2.75) is 56.5 Å². The van der Waals surface area contributed by atoms with Crippen LogP contribution in [0.4, 0.5) is 4.39 Å². The molecule has 0 amide bonds. The number of halogens is 1. The van der Waals surface area contributed by atoms with Crippen molar-refractivity contribution < 1.29 is 12.8 Å². The number of piperidine rings is 1. The van der Waals surface area contributed by atoms with Gasteiger partial charge in [0.15, 0.2) is 0 Å². The second-order valence-corrected chi connectivity index (χ2v) is 7.35. The van der Waals surface area contributed by atoms with Gasteiger partial charge in [-0.3, -0.25) is 0 Å². The quantitative estimate of drug-likeness (QED) is 0.924. The molecule has 0 atom stereocenters. The third-order valence-electron chi connectivity index (χ3n) is 3.95. The fraction of sp³-hybridized carbons (Fsp3) is 0.625. The summed E-state index contributed by atoms with van der Waals surface area (Å²) in [6, 6.07) is 5.46. The van der Waals surface area contributed by atoms with Crippen molar-refractivity contribution in [2.75, 3.05) is 13.1 Å². The zero-order chi connectivity index (χ0) is 16.2. The van der Waals surface area contributed by atoms with Crippen LogP contribution in [0.5, 0.6) is 0 Å². The van der Waals surface area contributed by atoms with Gasteiger partial charge in [0.1, 0.15) is 5.82 Å². The molecule has 0 unspecified atom stereocenters. The molecule has 2 fully saturated rings. The number of hydrogen-bond acceptors (Lipinski definition) is 3. The van der Waals surface area contributed by atoms with E-state index in [-0.39, 0.29) is 17.0 Å². The van der Waals surface area contributed by atoms with Crippen molar-refractivity contribution in [3.8, 4) is 0 Å². The highest BCUT2D eigenvalue weighted by molar-refractivity contribution is 7.89. The Morgan fingerprint density at radius 3 is 2.23 bits per heavy atom. The lowest BCUT2D eigenvalue weighted by molar-refractivity contribution is 0.255. The predicted octanol–water partition coefficient (Wildman–Crippen LogP) is 2.76. The average Bonchev–Trinajstić information content (AvgIpc) is 3.35. The van der Waals surface area contributed by atoms with Crippen LogP contribution in [-0.4, -0.2) is 37.9 Å². The standard InChI is InChI=1S/C14H19FN2O2S.C2H6/c15-11-2-1-3-14(10-11)20(18,19)17(12-4-5-12)13-6-8-16-9-7-13;1-2/h1-3,10,12-13,16H,4-9H2;1-2H3. The van der Waals surface area contributed by atoms with E-state index in [1.807, 2.05) is 13.8 Å². The maximum Gasteiger partial charge on any atom is 0.243 e. The Bertz CT molecular complexity index is 582. The first-order chi connectivity index (χ1) is 10.6. The van der Waals surface area contributed by atoms with Crippen LogP contribution >= 0.6 is 0 Å². The smallest absolute Gasteiger partial charge is 0.243 e. The molecule has 3 rings (SSSR count). The molecule has 6 heteroatoms. The fourth-order valence-electron chi connectivity index (χ4n) is 2.83. The van der Waals surface area contributed by atoms with E-state index < -0.39 is 15.8 Å². The Morgan fingerprint density at radius 2 is 1.68 bits per heavy atom. The largest absolute Gasteiger partial charge is 0.317 e. The SMILES string of the molecule is CC.O=S(=O)(c1cccc(F)c1)N(C1CCNCC1)C1CC1. The molecular weight excluding hydrogens is 303 g/mol. The molecule has 0 bridgehead atoms. The van der Waals surface area contributed by atoms with Gasteiger partial charge in [0.25, 0.3) is 0 Å². The Hall–Kier alpha value is -0.980. The third kappa shape index (κ3) is 3.86. The summed E-state index contributed by atoms with van der Waals surface area (Å²) in [5, 5.41) is 3.25. The number of sulfonamides is 1. The molecule has 0 spiro atoms. The van der Waals surface area contributed by atoms with E-state index in [0.29, 0.717) is 0 Å². The van der Waals surface area contributed by atoms with Gasteiger partial charge in [0.2, 0.25) is 10.0 Å². The highest BCUT2D eigenvalue weighted by Gasteiger charge is 2.42. The Kier molecular flexibility index (Phi) is 5.94. The summed E-state index contributed by atoms with van der Waals surface area (Å²) in [5.41, 5.74) is 0. The second-order valence-electron chi connectivity index (χ2n) is 5.50. The van der Waals surface area contributed by atoms with Crippen LogP contribution in [0.25, 0.3) is 0 Å². The molecule has 1 aromatic carbocycles. The average molecular weight is 328 g/mol. The van der Waals surface area contributed by atoms with E-state index in [1.165, 1.54) is 18.2 Å². The summed E-state index contributed by atoms with van der Waals surface area (Å²) < 4.78 is 40.6. The first kappa shape index (κ1) is 17.4. The summed E-state index contributed by atoms with van der Waals surface area (Å²) in [7, 11) is -3.59. The molecule has 1 saturated carbocycles. The van der Waals surface area contributed by atoms with Crippen molar-refractivity contribution in [3.05, 3.63) is 30.1 Å². The molecule has 4 nitrogen and oxygen atoms in total. The summed E-state index contributed by atoms with van der Waals surface area (Å²) in [6.07, 6.45) is 3.48. The summed E-state index contributed by atoms with van der Waals surface area (Å²) in [4.78, 5) is 0.0722. The number of nitrogens with one attached hydrogen (secondary N) is 1. The van der Waals surface area contributed by atoms with Gasteiger partial charge in [-0.05, 0) is 57.0 Å². The highest BCUT2D eigenvalue weighted by atomic mass is 32.2. The van der Waals surface area contributed by atoms with Crippen LogP contribution in [0.15, 0.2) is 29.2 Å². The normalized spacial score (nSPS) is 19.6. The van der Waals surface area contributed by atoms with Crippen molar-refractivity contribution in [3.63, 3.8) is 0 Å². The lowest BCUT2D eigenvalue weighted by Crippen LogP contribution is -2.47. The summed E-state index contributed by atoms with van der Waals surface area (Å²) >= 11 is 0. The van der Waals surface area contributed by atoms with Crippen molar-refractivity contribution in [1.29, 1.82) is 0 Å². The molecule has 1 heterocycles. The molecule has 1 N–H and O–H groups in total. The molecular formula is C16H25FN2O2S. The fourth-order valence-corrected chi connectivity index (χ4v) is 4.79. The number of benzene rings is 1. The number of rotatable bonds is 4. The zero-order valence-electron chi connectivity index (χ0n) is 13.3. The minimum atomic E-state index is -3.59. The van der Waals surface area contributed by atoms with Crippen LogP contribution in [0.3, 0.4) is 0 Å². The van der Waals surface area contributed by atoms with Crippen molar-refractivity contribution in [1.82, 2.24) is 9.62 Å². The maximum atomic E-state index is 13.3. The summed E-state index contributed by atoms with van der Waals surface area (Å²) in [6.45, 7) is 5.68. The molecule has 1 aliphatic heterocycles. The predicted molar refractivity (Wildman–Crippen MR) is 85.7 cm³/mol. The van der Waals surface area contributed by atoms with E-state index in [1.54, 1.807) is 4.31 Å². The first-order valence-corrected chi connectivity index (χ1v) is 9.53. The zero-order valence-corrected chi connectivity index (χ0v) is 14.1. The van der Waals surface area contributed by atoms with E-state index >= 15 is 0 Å². The molecule has 22 heavy (non-hydrogen) atoms. The molecule has 124 valence electrons. The van der Waals surface area contributed by atoms with Gasteiger partial charge in [-0.15, -0.1) is 0 Å². The Labute approximate surface area is 132 Å². The van der Waals surface area contributed by atoms with Gasteiger partial charge in [-0.2, -0.15) is 4.31 Å². The van der Waals surface area contributed by atoms with Gasteiger partial charge in [-0.1, -0.05) is 19.9 Å². The lowest BCUT2D eigenvalue weighted by atomic mass is 10.1. The van der Waals surface area contributed by atoms with Gasteiger partial charge < -0.3 is 5.32 Å². The minimum Gasteiger partial charge on any atom is -0.317 e. The lowest BCUT2D eigenvalue weighted by Gasteiger charge is -2.33. The van der Waals surface area contributed by atoms with Crippen molar-refractivity contribution in [2.24, 2.45) is 0 Å². The minimum absolute atomic E-state index is 0.0389. The van der Waals surface area contributed by atoms with Crippen LogP contribution in [-0.2, 0) is 10.0 Å². The number of nitrogens with zero attached hydrogens (tertiary/aromatic N) is 1. The highest BCUT2D eigenvalue weighted by Crippen LogP contribution is 2.36.